The highest BCUT2D eigenvalue weighted by molar-refractivity contribution is 6.36. The first-order valence-corrected chi connectivity index (χ1v) is 8.67. The van der Waals surface area contributed by atoms with E-state index in [0.717, 1.165) is 11.1 Å². The molecule has 0 spiro atoms. The molecular formula is C18H13Cl3FN3O. The predicted octanol–water partition coefficient (Wildman–Crippen LogP) is 5.97. The van der Waals surface area contributed by atoms with E-state index in [-0.39, 0.29) is 10.8 Å². The number of ether oxygens (including phenoxy) is 1. The van der Waals surface area contributed by atoms with E-state index >= 15 is 0 Å². The second kappa shape index (κ2) is 7.66. The number of nitrogens with two attached hydrogens (primary N) is 1. The lowest BCUT2D eigenvalue weighted by molar-refractivity contribution is 0.227. The summed E-state index contributed by atoms with van der Waals surface area (Å²) in [5.74, 6) is -0.0684. The number of anilines is 1. The van der Waals surface area contributed by atoms with Gasteiger partial charge in [-0.25, -0.2) is 14.4 Å². The molecule has 1 atom stereocenters. The summed E-state index contributed by atoms with van der Waals surface area (Å²) in [6.45, 7) is 1.70. The summed E-state index contributed by atoms with van der Waals surface area (Å²) < 4.78 is 19.6. The van der Waals surface area contributed by atoms with Crippen molar-refractivity contribution in [1.29, 1.82) is 0 Å². The Bertz CT molecular complexity index is 951. The zero-order valence-electron chi connectivity index (χ0n) is 13.5. The van der Waals surface area contributed by atoms with Crippen LogP contribution in [0.5, 0.6) is 5.75 Å². The molecule has 2 heterocycles. The number of nitrogens with zero attached hydrogens (tertiary/aromatic N) is 2. The van der Waals surface area contributed by atoms with Gasteiger partial charge >= 0.3 is 0 Å². The van der Waals surface area contributed by atoms with Crippen molar-refractivity contribution in [3.8, 4) is 16.9 Å². The minimum atomic E-state index is -0.645. The number of pyridine rings is 2. The Balaban J connectivity index is 1.94. The summed E-state index contributed by atoms with van der Waals surface area (Å²) in [6, 6.07) is 7.81. The Morgan fingerprint density at radius 2 is 1.77 bits per heavy atom. The van der Waals surface area contributed by atoms with Gasteiger partial charge in [-0.1, -0.05) is 34.8 Å². The van der Waals surface area contributed by atoms with E-state index in [0.29, 0.717) is 21.5 Å². The highest BCUT2D eigenvalue weighted by Gasteiger charge is 2.20. The monoisotopic (exact) mass is 411 g/mol. The SMILES string of the molecule is C[C@@H](Oc1cc(-c2ccc(Cl)nc2)cnc1N)c1c(Cl)ccc(F)c1Cl. The first-order valence-electron chi connectivity index (χ1n) is 7.54. The van der Waals surface area contributed by atoms with Crippen molar-refractivity contribution in [2.75, 3.05) is 5.73 Å². The van der Waals surface area contributed by atoms with Gasteiger partial charge < -0.3 is 10.5 Å². The van der Waals surface area contributed by atoms with Crippen LogP contribution in [-0.4, -0.2) is 9.97 Å². The standard InChI is InChI=1S/C18H13Cl3FN3O/c1-9(16-12(19)3-4-13(22)17(16)21)26-14-6-11(8-25-18(14)23)10-2-5-15(20)24-7-10/h2-9H,1H3,(H2,23,25)/t9-/m1/s1. The number of aromatic nitrogens is 2. The molecule has 0 saturated heterocycles. The highest BCUT2D eigenvalue weighted by Crippen LogP contribution is 2.36. The van der Waals surface area contributed by atoms with Gasteiger partial charge in [0.1, 0.15) is 17.1 Å². The molecule has 8 heteroatoms. The van der Waals surface area contributed by atoms with E-state index in [4.69, 9.17) is 45.3 Å². The van der Waals surface area contributed by atoms with Crippen molar-refractivity contribution in [1.82, 2.24) is 9.97 Å². The largest absolute Gasteiger partial charge is 0.482 e. The molecule has 2 aromatic heterocycles. The average molecular weight is 413 g/mol. The Morgan fingerprint density at radius 1 is 1.04 bits per heavy atom. The maximum Gasteiger partial charge on any atom is 0.166 e. The average Bonchev–Trinajstić information content (AvgIpc) is 2.61. The van der Waals surface area contributed by atoms with Gasteiger partial charge in [0.2, 0.25) is 0 Å². The summed E-state index contributed by atoms with van der Waals surface area (Å²) in [4.78, 5) is 8.18. The second-order valence-electron chi connectivity index (χ2n) is 5.49. The Kier molecular flexibility index (Phi) is 5.51. The number of nitrogen functional groups attached to an aromatic ring is 1. The molecule has 134 valence electrons. The van der Waals surface area contributed by atoms with Crippen LogP contribution < -0.4 is 10.5 Å². The summed E-state index contributed by atoms with van der Waals surface area (Å²) in [5.41, 5.74) is 7.78. The third kappa shape index (κ3) is 3.85. The van der Waals surface area contributed by atoms with Crippen LogP contribution in [0, 0.1) is 5.82 Å². The lowest BCUT2D eigenvalue weighted by atomic mass is 10.1. The molecule has 0 saturated carbocycles. The first kappa shape index (κ1) is 18.7. The van der Waals surface area contributed by atoms with Crippen LogP contribution in [0.1, 0.15) is 18.6 Å². The fourth-order valence-corrected chi connectivity index (χ4v) is 3.21. The highest BCUT2D eigenvalue weighted by atomic mass is 35.5. The molecule has 0 amide bonds. The predicted molar refractivity (Wildman–Crippen MR) is 102 cm³/mol. The molecule has 3 aromatic rings. The van der Waals surface area contributed by atoms with Crippen molar-refractivity contribution in [2.45, 2.75) is 13.0 Å². The Morgan fingerprint density at radius 3 is 2.46 bits per heavy atom. The van der Waals surface area contributed by atoms with E-state index in [9.17, 15) is 4.39 Å². The van der Waals surface area contributed by atoms with Crippen molar-refractivity contribution in [3.05, 3.63) is 69.3 Å². The van der Waals surface area contributed by atoms with E-state index < -0.39 is 11.9 Å². The van der Waals surface area contributed by atoms with Gasteiger partial charge in [-0.2, -0.15) is 0 Å². The number of benzene rings is 1. The molecule has 0 fully saturated rings. The zero-order valence-corrected chi connectivity index (χ0v) is 15.8. The fraction of sp³-hybridized carbons (Fsp3) is 0.111. The van der Waals surface area contributed by atoms with Crippen LogP contribution in [0.25, 0.3) is 11.1 Å². The van der Waals surface area contributed by atoms with Gasteiger partial charge in [-0.15, -0.1) is 0 Å². The van der Waals surface area contributed by atoms with Crippen molar-refractivity contribution in [3.63, 3.8) is 0 Å². The summed E-state index contributed by atoms with van der Waals surface area (Å²) >= 11 is 18.0. The quantitative estimate of drug-likeness (QED) is 0.424. The molecule has 1 aromatic carbocycles. The zero-order chi connectivity index (χ0) is 18.8. The molecule has 26 heavy (non-hydrogen) atoms. The van der Waals surface area contributed by atoms with Crippen molar-refractivity contribution >= 4 is 40.6 Å². The Labute approximate surface area is 164 Å². The lowest BCUT2D eigenvalue weighted by Gasteiger charge is -2.19. The molecular weight excluding hydrogens is 400 g/mol. The maximum absolute atomic E-state index is 13.8. The molecule has 0 unspecified atom stereocenters. The van der Waals surface area contributed by atoms with E-state index in [1.54, 1.807) is 37.5 Å². The van der Waals surface area contributed by atoms with Crippen LogP contribution >= 0.6 is 34.8 Å². The summed E-state index contributed by atoms with van der Waals surface area (Å²) in [6.07, 6.45) is 2.57. The third-order valence-corrected chi connectivity index (χ3v) is 4.67. The molecule has 2 N–H and O–H groups in total. The van der Waals surface area contributed by atoms with Gasteiger partial charge in [0.25, 0.3) is 0 Å². The molecule has 0 aliphatic carbocycles. The van der Waals surface area contributed by atoms with E-state index in [1.807, 2.05) is 0 Å². The molecule has 3 rings (SSSR count). The Hall–Kier alpha value is -2.08. The normalized spacial score (nSPS) is 12.0. The van der Waals surface area contributed by atoms with Crippen LogP contribution in [-0.2, 0) is 0 Å². The van der Waals surface area contributed by atoms with Crippen LogP contribution in [0.2, 0.25) is 15.2 Å². The minimum absolute atomic E-state index is 0.0883. The smallest absolute Gasteiger partial charge is 0.166 e. The topological polar surface area (TPSA) is 61.0 Å². The van der Waals surface area contributed by atoms with Crippen LogP contribution in [0.4, 0.5) is 10.2 Å². The van der Waals surface area contributed by atoms with Gasteiger partial charge in [0, 0.05) is 34.1 Å². The summed E-state index contributed by atoms with van der Waals surface area (Å²) in [7, 11) is 0. The minimum Gasteiger partial charge on any atom is -0.482 e. The maximum atomic E-state index is 13.8. The van der Waals surface area contributed by atoms with E-state index in [2.05, 4.69) is 9.97 Å². The molecule has 0 aliphatic heterocycles. The molecule has 0 radical (unpaired) electrons. The van der Waals surface area contributed by atoms with Gasteiger partial charge in [-0.3, -0.25) is 0 Å². The fourth-order valence-electron chi connectivity index (χ4n) is 2.42. The lowest BCUT2D eigenvalue weighted by Crippen LogP contribution is -2.08. The van der Waals surface area contributed by atoms with Crippen molar-refractivity contribution in [2.24, 2.45) is 0 Å². The van der Waals surface area contributed by atoms with Crippen LogP contribution in [0.15, 0.2) is 42.7 Å². The van der Waals surface area contributed by atoms with Gasteiger partial charge in [-0.05, 0) is 37.3 Å². The van der Waals surface area contributed by atoms with Gasteiger partial charge in [0.05, 0.1) is 5.02 Å². The molecule has 0 aliphatic rings. The summed E-state index contributed by atoms with van der Waals surface area (Å²) in [5, 5.41) is 0.598. The van der Waals surface area contributed by atoms with Gasteiger partial charge in [0.15, 0.2) is 11.6 Å². The first-order chi connectivity index (χ1) is 12.4. The second-order valence-corrected chi connectivity index (χ2v) is 6.67. The van der Waals surface area contributed by atoms with Crippen LogP contribution in [0.3, 0.4) is 0 Å². The van der Waals surface area contributed by atoms with Crippen molar-refractivity contribution < 1.29 is 9.13 Å². The number of halogens is 4. The third-order valence-electron chi connectivity index (χ3n) is 3.73. The molecule has 4 nitrogen and oxygen atoms in total. The molecule has 0 bridgehead atoms. The van der Waals surface area contributed by atoms with E-state index in [1.165, 1.54) is 12.1 Å². The number of rotatable bonds is 4. The number of hydrogen-bond donors (Lipinski definition) is 1. The number of hydrogen-bond acceptors (Lipinski definition) is 4.